The average molecular weight is 1080 g/mol. The molecule has 0 radical (unpaired) electrons. The Balaban J connectivity index is 0.000000109. The average Bonchev–Trinajstić information content (AvgIpc) is 3.34. The predicted octanol–water partition coefficient (Wildman–Crippen LogP) is 21.8. The number of hydrogen-bond acceptors (Lipinski definition) is 0. The highest BCUT2D eigenvalue weighted by atomic mass is 14.3. The van der Waals surface area contributed by atoms with Crippen LogP contribution in [-0.2, 0) is 32.1 Å². The second-order valence-corrected chi connectivity index (χ2v) is 25.6. The van der Waals surface area contributed by atoms with Gasteiger partial charge in [-0.05, 0) is 357 Å². The molecule has 0 heteroatoms. The molecule has 5 aliphatic rings. The Morgan fingerprint density at radius 2 is 0.639 bits per heavy atom. The zero-order valence-corrected chi connectivity index (χ0v) is 53.2. The molecule has 418 valence electrons. The van der Waals surface area contributed by atoms with Crippen molar-refractivity contribution >= 4 is 0 Å². The highest BCUT2D eigenvalue weighted by Crippen LogP contribution is 2.46. The van der Waals surface area contributed by atoms with Crippen LogP contribution in [0.2, 0.25) is 0 Å². The van der Waals surface area contributed by atoms with Crippen molar-refractivity contribution in [1.29, 1.82) is 0 Å². The Kier molecular flexibility index (Phi) is 15.4. The van der Waals surface area contributed by atoms with Crippen molar-refractivity contribution in [2.45, 2.75) is 157 Å². The standard InChI is InChI=1S/3C17H18.2C16H16/c1-10-5-6-14-9-15-13(4)12(3)11(2)8-17(15)16(14)7-10;1-10-6-5-7-14-9-15-13(4)12(3)11(2)8-16(15)17(10)14;1-10-11(2)13(4)17-15-8-6-5-7-14(15)9-16(17)12(10)3;1-10-4-5-15-13(6-10)9-14-7-11(2)12(3)8-16(14)15;1-10-5-4-6-14-15(10)9-13-7-11(2)12(3)8-16(13)14/h3*5-8H,9H2,1-4H3;2*4-8H,9H2,1-3H3. The normalized spacial score (nSPS) is 12.5. The molecule has 0 N–H and O–H groups in total. The summed E-state index contributed by atoms with van der Waals surface area (Å²) < 4.78 is 0. The molecule has 0 amide bonds. The van der Waals surface area contributed by atoms with Gasteiger partial charge in [0.1, 0.15) is 0 Å². The molecule has 10 aromatic rings. The molecule has 0 aliphatic heterocycles. The lowest BCUT2D eigenvalue weighted by Gasteiger charge is -2.16. The van der Waals surface area contributed by atoms with E-state index in [1.165, 1.54) is 206 Å². The first-order valence-corrected chi connectivity index (χ1v) is 30.5. The van der Waals surface area contributed by atoms with Crippen LogP contribution in [0.15, 0.2) is 133 Å². The van der Waals surface area contributed by atoms with E-state index in [1.54, 1.807) is 5.56 Å². The monoisotopic (exact) mass is 1080 g/mol. The van der Waals surface area contributed by atoms with E-state index in [9.17, 15) is 0 Å². The zero-order valence-electron chi connectivity index (χ0n) is 53.2. The molecule has 15 rings (SSSR count). The maximum absolute atomic E-state index is 2.37. The lowest BCUT2D eigenvalue weighted by atomic mass is 9.89. The maximum Gasteiger partial charge on any atom is -0.00106 e. The molecule has 0 spiro atoms. The van der Waals surface area contributed by atoms with Gasteiger partial charge in [0.15, 0.2) is 0 Å². The fourth-order valence-electron chi connectivity index (χ4n) is 14.3. The van der Waals surface area contributed by atoms with Gasteiger partial charge in [-0.1, -0.05) is 145 Å². The van der Waals surface area contributed by atoms with Gasteiger partial charge in [-0.2, -0.15) is 0 Å². The SMILES string of the molecule is Cc1c(C)c(C)c2c(c1C)Cc1ccccc1-2.Cc1cc2c(c(C)c1C)Cc1cccc(C)c1-2.Cc1cc2c(cc1C)-c1cccc(C)c1C2.Cc1ccc2c(c1)-c1cc(C)c(C)c(C)c1C2.Cc1ccc2c(c1)Cc1cc(C)c(C)cc1-2. The number of aryl methyl sites for hydroxylation is 10. The Morgan fingerprint density at radius 3 is 1.34 bits per heavy atom. The Labute approximate surface area is 498 Å². The summed E-state index contributed by atoms with van der Waals surface area (Å²) in [4.78, 5) is 0. The lowest BCUT2D eigenvalue weighted by molar-refractivity contribution is 1.15. The molecule has 5 aliphatic carbocycles. The molecule has 0 saturated carbocycles. The Morgan fingerprint density at radius 1 is 0.193 bits per heavy atom. The zero-order chi connectivity index (χ0) is 59.0. The van der Waals surface area contributed by atoms with E-state index < -0.39 is 0 Å². The van der Waals surface area contributed by atoms with Crippen LogP contribution < -0.4 is 0 Å². The smallest absolute Gasteiger partial charge is 0.00106 e. The number of fused-ring (bicyclic) bond motifs is 15. The molecule has 0 nitrogen and oxygen atoms in total. The van der Waals surface area contributed by atoms with Crippen molar-refractivity contribution in [3.05, 3.63) is 289 Å². The summed E-state index contributed by atoms with van der Waals surface area (Å²) in [5.74, 6) is 0. The summed E-state index contributed by atoms with van der Waals surface area (Å²) in [5, 5.41) is 0. The van der Waals surface area contributed by atoms with E-state index in [1.807, 2.05) is 0 Å². The first kappa shape index (κ1) is 57.0. The van der Waals surface area contributed by atoms with E-state index in [0.29, 0.717) is 0 Å². The maximum atomic E-state index is 2.37. The molecule has 0 bridgehead atoms. The second-order valence-electron chi connectivity index (χ2n) is 25.6. The highest BCUT2D eigenvalue weighted by Gasteiger charge is 2.27. The van der Waals surface area contributed by atoms with Crippen LogP contribution in [0.25, 0.3) is 55.6 Å². The highest BCUT2D eigenvalue weighted by molar-refractivity contribution is 5.85. The molecule has 0 atom stereocenters. The van der Waals surface area contributed by atoms with E-state index in [4.69, 9.17) is 0 Å². The first-order valence-electron chi connectivity index (χ1n) is 30.5. The Bertz CT molecular complexity index is 4290. The minimum atomic E-state index is 1.10. The molecule has 0 fully saturated rings. The largest absolute Gasteiger partial charge is 0.0619 e. The van der Waals surface area contributed by atoms with Crippen LogP contribution in [0.1, 0.15) is 156 Å². The Hall–Kier alpha value is -7.80. The molecule has 0 unspecified atom stereocenters. The van der Waals surface area contributed by atoms with Crippen LogP contribution >= 0.6 is 0 Å². The topological polar surface area (TPSA) is 0 Å². The third kappa shape index (κ3) is 10.4. The summed E-state index contributed by atoms with van der Waals surface area (Å²) in [7, 11) is 0. The van der Waals surface area contributed by atoms with E-state index in [2.05, 4.69) is 258 Å². The van der Waals surface area contributed by atoms with Crippen molar-refractivity contribution in [2.75, 3.05) is 0 Å². The van der Waals surface area contributed by atoms with Crippen molar-refractivity contribution in [3.63, 3.8) is 0 Å². The van der Waals surface area contributed by atoms with Crippen LogP contribution in [0.5, 0.6) is 0 Å². The number of rotatable bonds is 0. The summed E-state index contributed by atoms with van der Waals surface area (Å²) in [6, 6.07) is 49.9. The molecule has 83 heavy (non-hydrogen) atoms. The first-order chi connectivity index (χ1) is 39.6. The predicted molar refractivity (Wildman–Crippen MR) is 359 cm³/mol. The van der Waals surface area contributed by atoms with E-state index >= 15 is 0 Å². The minimum Gasteiger partial charge on any atom is -0.0619 e. The molecular formula is C83H86. The minimum absolute atomic E-state index is 1.10. The number of benzene rings is 10. The molecule has 0 saturated heterocycles. The van der Waals surface area contributed by atoms with Gasteiger partial charge >= 0.3 is 0 Å². The third-order valence-electron chi connectivity index (χ3n) is 20.4. The van der Waals surface area contributed by atoms with Crippen LogP contribution in [0.4, 0.5) is 0 Å². The molecule has 0 aromatic heterocycles. The third-order valence-corrected chi connectivity index (χ3v) is 20.4. The van der Waals surface area contributed by atoms with Crippen molar-refractivity contribution < 1.29 is 0 Å². The quantitative estimate of drug-likeness (QED) is 0.142. The molecular weight excluding hydrogens is 997 g/mol. The fourth-order valence-corrected chi connectivity index (χ4v) is 14.3. The van der Waals surface area contributed by atoms with Crippen molar-refractivity contribution in [3.8, 4) is 55.6 Å². The van der Waals surface area contributed by atoms with Crippen LogP contribution in [0, 0.1) is 125 Å². The van der Waals surface area contributed by atoms with E-state index in [0.717, 1.165) is 32.1 Å². The van der Waals surface area contributed by atoms with Crippen LogP contribution in [-0.4, -0.2) is 0 Å². The lowest BCUT2D eigenvalue weighted by Crippen LogP contribution is -1.98. The van der Waals surface area contributed by atoms with Crippen molar-refractivity contribution in [2.24, 2.45) is 0 Å². The van der Waals surface area contributed by atoms with Gasteiger partial charge in [-0.15, -0.1) is 0 Å². The fraction of sp³-hybridized carbons (Fsp3) is 0.277. The van der Waals surface area contributed by atoms with Gasteiger partial charge in [0, 0.05) is 0 Å². The van der Waals surface area contributed by atoms with Crippen molar-refractivity contribution in [1.82, 2.24) is 0 Å². The summed E-state index contributed by atoms with van der Waals surface area (Å²) >= 11 is 0. The van der Waals surface area contributed by atoms with Gasteiger partial charge in [0.25, 0.3) is 0 Å². The summed E-state index contributed by atoms with van der Waals surface area (Å²) in [6.07, 6.45) is 5.54. The van der Waals surface area contributed by atoms with Gasteiger partial charge in [0.05, 0.1) is 0 Å². The second kappa shape index (κ2) is 22.4. The van der Waals surface area contributed by atoms with Gasteiger partial charge < -0.3 is 0 Å². The summed E-state index contributed by atoms with van der Waals surface area (Å²) in [6.45, 7) is 40.0. The molecule has 10 aromatic carbocycles. The number of hydrogen-bond donors (Lipinski definition) is 0. The van der Waals surface area contributed by atoms with Gasteiger partial charge in [0.2, 0.25) is 0 Å². The summed E-state index contributed by atoms with van der Waals surface area (Å²) in [5.41, 5.74) is 55.4. The van der Waals surface area contributed by atoms with Gasteiger partial charge in [-0.3, -0.25) is 0 Å². The van der Waals surface area contributed by atoms with Gasteiger partial charge in [-0.25, -0.2) is 0 Å². The molecule has 0 heterocycles. The van der Waals surface area contributed by atoms with Crippen LogP contribution in [0.3, 0.4) is 0 Å². The van der Waals surface area contributed by atoms with E-state index in [-0.39, 0.29) is 0 Å².